The van der Waals surface area contributed by atoms with Crippen LogP contribution in [0.5, 0.6) is 0 Å². The van der Waals surface area contributed by atoms with Crippen molar-refractivity contribution in [3.05, 3.63) is 59.7 Å². The highest BCUT2D eigenvalue weighted by atomic mass is 16.5. The molecule has 2 N–H and O–H groups in total. The van der Waals surface area contributed by atoms with E-state index in [1.807, 2.05) is 31.2 Å². The van der Waals surface area contributed by atoms with Crippen LogP contribution in [0.25, 0.3) is 11.1 Å². The smallest absolute Gasteiger partial charge is 0.407 e. The second-order valence-corrected chi connectivity index (χ2v) is 8.29. The fourth-order valence-electron chi connectivity index (χ4n) is 4.06. The maximum Gasteiger partial charge on any atom is 0.407 e. The zero-order chi connectivity index (χ0) is 23.3. The number of nitrogens with zero attached hydrogens (tertiary/aromatic N) is 1. The molecule has 2 aromatic carbocycles. The summed E-state index contributed by atoms with van der Waals surface area (Å²) in [5.74, 6) is -1.85. The topological polar surface area (TPSA) is 95.9 Å². The van der Waals surface area contributed by atoms with Gasteiger partial charge in [0.1, 0.15) is 6.61 Å². The molecular weight excluding hydrogens is 408 g/mol. The van der Waals surface area contributed by atoms with E-state index in [1.54, 1.807) is 14.0 Å². The number of hydrogen-bond donors (Lipinski definition) is 2. The van der Waals surface area contributed by atoms with Gasteiger partial charge in [0.15, 0.2) is 0 Å². The molecule has 0 saturated heterocycles. The van der Waals surface area contributed by atoms with E-state index >= 15 is 0 Å². The van der Waals surface area contributed by atoms with Crippen molar-refractivity contribution in [3.8, 4) is 11.1 Å². The summed E-state index contributed by atoms with van der Waals surface area (Å²) in [6.45, 7) is 3.76. The first-order valence-corrected chi connectivity index (χ1v) is 10.9. The van der Waals surface area contributed by atoms with Crippen molar-refractivity contribution in [2.75, 3.05) is 20.2 Å². The van der Waals surface area contributed by atoms with Crippen molar-refractivity contribution in [1.29, 1.82) is 0 Å². The van der Waals surface area contributed by atoms with Crippen LogP contribution in [0.2, 0.25) is 0 Å². The quantitative estimate of drug-likeness (QED) is 0.620. The van der Waals surface area contributed by atoms with Crippen molar-refractivity contribution in [2.24, 2.45) is 5.92 Å². The summed E-state index contributed by atoms with van der Waals surface area (Å²) in [6, 6.07) is 15.9. The van der Waals surface area contributed by atoms with Crippen LogP contribution in [0.3, 0.4) is 0 Å². The molecule has 2 aromatic rings. The summed E-state index contributed by atoms with van der Waals surface area (Å²) in [5.41, 5.74) is 4.59. The maximum absolute atomic E-state index is 12.5. The average molecular weight is 439 g/mol. The zero-order valence-electron chi connectivity index (χ0n) is 18.7. The van der Waals surface area contributed by atoms with E-state index in [9.17, 15) is 14.4 Å². The number of carboxylic acids is 1. The fourth-order valence-corrected chi connectivity index (χ4v) is 4.06. The molecular formula is C25H30N2O5. The number of carbonyl (C=O) groups excluding carboxylic acids is 2. The Kier molecular flexibility index (Phi) is 7.51. The standard InChI is InChI=1S/C25H30N2O5/c1-4-17(13-23(28)27(3)14-16(2)24(29)30)26-25(31)32-15-22-20-11-7-5-9-18(20)19-10-6-8-12-21(19)22/h5-12,16-17,22H,4,13-15H2,1-3H3,(H,26,31)(H,29,30). The third kappa shape index (κ3) is 5.28. The molecule has 2 amide bonds. The number of fused-ring (bicyclic) bond motifs is 3. The minimum atomic E-state index is -0.951. The Morgan fingerprint density at radius 1 is 1.06 bits per heavy atom. The van der Waals surface area contributed by atoms with Crippen LogP contribution in [0.4, 0.5) is 4.79 Å². The molecule has 1 aliphatic carbocycles. The number of carbonyl (C=O) groups is 3. The van der Waals surface area contributed by atoms with Crippen LogP contribution in [0.1, 0.15) is 43.7 Å². The van der Waals surface area contributed by atoms with Crippen molar-refractivity contribution in [1.82, 2.24) is 10.2 Å². The van der Waals surface area contributed by atoms with E-state index in [0.717, 1.165) is 22.3 Å². The number of amides is 2. The summed E-state index contributed by atoms with van der Waals surface area (Å²) in [4.78, 5) is 37.3. The summed E-state index contributed by atoms with van der Waals surface area (Å²) in [6.07, 6.45) is 0.0787. The van der Waals surface area contributed by atoms with Crippen LogP contribution < -0.4 is 5.32 Å². The number of aliphatic carboxylic acids is 1. The van der Waals surface area contributed by atoms with Gasteiger partial charge in [0.2, 0.25) is 5.91 Å². The van der Waals surface area contributed by atoms with Gasteiger partial charge in [0.05, 0.1) is 5.92 Å². The van der Waals surface area contributed by atoms with Gasteiger partial charge in [-0.3, -0.25) is 9.59 Å². The molecule has 7 heteroatoms. The van der Waals surface area contributed by atoms with E-state index in [0.29, 0.717) is 6.42 Å². The second-order valence-electron chi connectivity index (χ2n) is 8.29. The average Bonchev–Trinajstić information content (AvgIpc) is 3.10. The van der Waals surface area contributed by atoms with Gasteiger partial charge < -0.3 is 20.1 Å². The minimum absolute atomic E-state index is 0.0292. The molecule has 32 heavy (non-hydrogen) atoms. The van der Waals surface area contributed by atoms with Crippen LogP contribution in [0, 0.1) is 5.92 Å². The Labute approximate surface area is 188 Å². The molecule has 2 atom stereocenters. The van der Waals surface area contributed by atoms with Crippen molar-refractivity contribution in [2.45, 2.75) is 38.6 Å². The first kappa shape index (κ1) is 23.3. The Bertz CT molecular complexity index is 944. The Hall–Kier alpha value is -3.35. The van der Waals surface area contributed by atoms with Gasteiger partial charge in [0, 0.05) is 32.0 Å². The Morgan fingerprint density at radius 3 is 2.16 bits per heavy atom. The first-order valence-electron chi connectivity index (χ1n) is 10.9. The summed E-state index contributed by atoms with van der Waals surface area (Å²) in [5, 5.41) is 11.8. The molecule has 2 unspecified atom stereocenters. The molecule has 170 valence electrons. The van der Waals surface area contributed by atoms with Gasteiger partial charge in [-0.1, -0.05) is 62.4 Å². The zero-order valence-corrected chi connectivity index (χ0v) is 18.7. The number of ether oxygens (including phenoxy) is 1. The molecule has 0 radical (unpaired) electrons. The fraction of sp³-hybridized carbons (Fsp3) is 0.400. The molecule has 1 aliphatic rings. The van der Waals surface area contributed by atoms with Crippen LogP contribution >= 0.6 is 0 Å². The lowest BCUT2D eigenvalue weighted by Gasteiger charge is -2.23. The molecule has 7 nitrogen and oxygen atoms in total. The number of benzene rings is 2. The number of nitrogens with one attached hydrogen (secondary N) is 1. The molecule has 0 spiro atoms. The van der Waals surface area contributed by atoms with Crippen LogP contribution in [-0.4, -0.2) is 54.2 Å². The lowest BCUT2D eigenvalue weighted by molar-refractivity contribution is -0.142. The molecule has 0 fully saturated rings. The monoisotopic (exact) mass is 438 g/mol. The van der Waals surface area contributed by atoms with E-state index in [-0.39, 0.29) is 37.4 Å². The SMILES string of the molecule is CCC(CC(=O)N(C)CC(C)C(=O)O)NC(=O)OCC1c2ccccc2-c2ccccc21. The van der Waals surface area contributed by atoms with Gasteiger partial charge in [-0.25, -0.2) is 4.79 Å². The highest BCUT2D eigenvalue weighted by Crippen LogP contribution is 2.44. The predicted molar refractivity (Wildman–Crippen MR) is 121 cm³/mol. The normalized spacial score (nSPS) is 14.1. The largest absolute Gasteiger partial charge is 0.481 e. The lowest BCUT2D eigenvalue weighted by Crippen LogP contribution is -2.41. The van der Waals surface area contributed by atoms with Gasteiger partial charge >= 0.3 is 12.1 Å². The highest BCUT2D eigenvalue weighted by molar-refractivity contribution is 5.80. The van der Waals surface area contributed by atoms with Crippen LogP contribution in [0.15, 0.2) is 48.5 Å². The van der Waals surface area contributed by atoms with Gasteiger partial charge in [0.25, 0.3) is 0 Å². The molecule has 0 heterocycles. The molecule has 0 aromatic heterocycles. The lowest BCUT2D eigenvalue weighted by atomic mass is 9.98. The van der Waals surface area contributed by atoms with E-state index in [1.165, 1.54) is 4.90 Å². The Morgan fingerprint density at radius 2 is 1.62 bits per heavy atom. The van der Waals surface area contributed by atoms with E-state index in [2.05, 4.69) is 29.6 Å². The van der Waals surface area contributed by atoms with Crippen LogP contribution in [-0.2, 0) is 14.3 Å². The summed E-state index contributed by atoms with van der Waals surface area (Å²) in [7, 11) is 1.57. The third-order valence-electron chi connectivity index (χ3n) is 5.97. The van der Waals surface area contributed by atoms with Crippen molar-refractivity contribution < 1.29 is 24.2 Å². The predicted octanol–water partition coefficient (Wildman–Crippen LogP) is 3.87. The van der Waals surface area contributed by atoms with E-state index in [4.69, 9.17) is 9.84 Å². The van der Waals surface area contributed by atoms with Gasteiger partial charge in [-0.2, -0.15) is 0 Å². The number of carboxylic acid groups (broad SMARTS) is 1. The summed E-state index contributed by atoms with van der Waals surface area (Å²) >= 11 is 0. The number of hydrogen-bond acceptors (Lipinski definition) is 4. The number of rotatable bonds is 9. The number of alkyl carbamates (subject to hydrolysis) is 1. The maximum atomic E-state index is 12.5. The summed E-state index contributed by atoms with van der Waals surface area (Å²) < 4.78 is 5.56. The molecule has 0 saturated carbocycles. The van der Waals surface area contributed by atoms with Gasteiger partial charge in [-0.05, 0) is 28.7 Å². The first-order chi connectivity index (χ1) is 15.3. The molecule has 0 aliphatic heterocycles. The van der Waals surface area contributed by atoms with Crippen molar-refractivity contribution in [3.63, 3.8) is 0 Å². The van der Waals surface area contributed by atoms with Crippen molar-refractivity contribution >= 4 is 18.0 Å². The highest BCUT2D eigenvalue weighted by Gasteiger charge is 2.29. The minimum Gasteiger partial charge on any atom is -0.481 e. The van der Waals surface area contributed by atoms with E-state index < -0.39 is 18.0 Å². The Balaban J connectivity index is 1.56. The van der Waals surface area contributed by atoms with Gasteiger partial charge in [-0.15, -0.1) is 0 Å². The second kappa shape index (κ2) is 10.3. The molecule has 0 bridgehead atoms. The third-order valence-corrected chi connectivity index (χ3v) is 5.97. The molecule has 3 rings (SSSR count).